The second-order valence-electron chi connectivity index (χ2n) is 3.10. The van der Waals surface area contributed by atoms with E-state index in [1.807, 2.05) is 0 Å². The van der Waals surface area contributed by atoms with Crippen LogP contribution in [0.1, 0.15) is 9.67 Å². The number of hydrogen-bond donors (Lipinski definition) is 1. The second-order valence-corrected chi connectivity index (χ2v) is 5.04. The standard InChI is InChI=1S/C10H7BrFNO2S/c1-15-10(14)9-7(13)5-2-4(11)3-6(12)8(5)16-9/h2-3H,13H2,1H3. The number of ether oxygens (including phenoxy) is 1. The zero-order valence-electron chi connectivity index (χ0n) is 8.21. The molecule has 2 aromatic rings. The number of hydrogen-bond acceptors (Lipinski definition) is 4. The molecule has 0 aliphatic carbocycles. The summed E-state index contributed by atoms with van der Waals surface area (Å²) in [5.41, 5.74) is 6.03. The van der Waals surface area contributed by atoms with Crippen LogP contribution in [0.25, 0.3) is 10.1 Å². The molecule has 3 nitrogen and oxygen atoms in total. The Morgan fingerprint density at radius 1 is 1.56 bits per heavy atom. The number of carbonyl (C=O) groups excluding carboxylic acids is 1. The van der Waals surface area contributed by atoms with Gasteiger partial charge in [0.25, 0.3) is 0 Å². The van der Waals surface area contributed by atoms with Gasteiger partial charge in [-0.2, -0.15) is 0 Å². The maximum absolute atomic E-state index is 13.6. The zero-order valence-corrected chi connectivity index (χ0v) is 10.6. The van der Waals surface area contributed by atoms with E-state index < -0.39 is 11.8 Å². The molecular formula is C10H7BrFNO2S. The predicted octanol–water partition coefficient (Wildman–Crippen LogP) is 3.17. The summed E-state index contributed by atoms with van der Waals surface area (Å²) in [5, 5.41) is 0.525. The minimum absolute atomic E-state index is 0.231. The number of thiophene rings is 1. The molecule has 0 aliphatic heterocycles. The van der Waals surface area contributed by atoms with Crippen LogP contribution in [-0.4, -0.2) is 13.1 Å². The molecule has 84 valence electrons. The van der Waals surface area contributed by atoms with Crippen LogP contribution in [0, 0.1) is 5.82 Å². The van der Waals surface area contributed by atoms with Crippen molar-refractivity contribution in [2.75, 3.05) is 12.8 Å². The van der Waals surface area contributed by atoms with Crippen LogP contribution in [-0.2, 0) is 4.74 Å². The average molecular weight is 304 g/mol. The molecule has 0 saturated heterocycles. The quantitative estimate of drug-likeness (QED) is 0.823. The van der Waals surface area contributed by atoms with E-state index in [0.717, 1.165) is 11.3 Å². The van der Waals surface area contributed by atoms with Gasteiger partial charge in [-0.3, -0.25) is 0 Å². The normalized spacial score (nSPS) is 10.7. The molecule has 1 heterocycles. The van der Waals surface area contributed by atoms with E-state index in [4.69, 9.17) is 5.73 Å². The summed E-state index contributed by atoms with van der Waals surface area (Å²) >= 11 is 4.17. The van der Waals surface area contributed by atoms with Gasteiger partial charge in [-0.05, 0) is 12.1 Å². The van der Waals surface area contributed by atoms with Crippen LogP contribution in [0.5, 0.6) is 0 Å². The van der Waals surface area contributed by atoms with Crippen molar-refractivity contribution < 1.29 is 13.9 Å². The Balaban J connectivity index is 2.77. The molecule has 0 saturated carbocycles. The van der Waals surface area contributed by atoms with E-state index in [9.17, 15) is 9.18 Å². The summed E-state index contributed by atoms with van der Waals surface area (Å²) in [6, 6.07) is 3.01. The van der Waals surface area contributed by atoms with Crippen molar-refractivity contribution in [1.29, 1.82) is 0 Å². The van der Waals surface area contributed by atoms with Crippen molar-refractivity contribution in [3.05, 3.63) is 27.3 Å². The molecule has 2 rings (SSSR count). The van der Waals surface area contributed by atoms with Crippen molar-refractivity contribution in [2.45, 2.75) is 0 Å². The maximum atomic E-state index is 13.6. The van der Waals surface area contributed by atoms with Gasteiger partial charge in [-0.1, -0.05) is 15.9 Å². The molecular weight excluding hydrogens is 297 g/mol. The van der Waals surface area contributed by atoms with Crippen molar-refractivity contribution in [3.8, 4) is 0 Å². The first kappa shape index (κ1) is 11.3. The highest BCUT2D eigenvalue weighted by Gasteiger charge is 2.19. The van der Waals surface area contributed by atoms with Gasteiger partial charge in [0.15, 0.2) is 0 Å². The van der Waals surface area contributed by atoms with E-state index in [1.165, 1.54) is 13.2 Å². The topological polar surface area (TPSA) is 52.3 Å². The van der Waals surface area contributed by atoms with Crippen molar-refractivity contribution >= 4 is 49.0 Å². The summed E-state index contributed by atoms with van der Waals surface area (Å²) in [6.07, 6.45) is 0. The third kappa shape index (κ3) is 1.68. The van der Waals surface area contributed by atoms with Gasteiger partial charge in [0, 0.05) is 9.86 Å². The fraction of sp³-hybridized carbons (Fsp3) is 0.100. The SMILES string of the molecule is COC(=O)c1sc2c(F)cc(Br)cc2c1N. The summed E-state index contributed by atoms with van der Waals surface area (Å²) in [4.78, 5) is 11.6. The van der Waals surface area contributed by atoms with Gasteiger partial charge in [-0.15, -0.1) is 11.3 Å². The Kier molecular flexibility index (Phi) is 2.86. The molecule has 1 aromatic carbocycles. The number of anilines is 1. The van der Waals surface area contributed by atoms with Crippen molar-refractivity contribution in [2.24, 2.45) is 0 Å². The molecule has 0 aliphatic rings. The van der Waals surface area contributed by atoms with Crippen LogP contribution >= 0.6 is 27.3 Å². The fourth-order valence-corrected chi connectivity index (χ4v) is 2.84. The van der Waals surface area contributed by atoms with Crippen molar-refractivity contribution in [3.63, 3.8) is 0 Å². The second kappa shape index (κ2) is 4.03. The van der Waals surface area contributed by atoms with E-state index in [-0.39, 0.29) is 10.6 Å². The Bertz CT molecular complexity index is 582. The van der Waals surface area contributed by atoms with Crippen molar-refractivity contribution in [1.82, 2.24) is 0 Å². The minimum atomic E-state index is -0.547. The number of fused-ring (bicyclic) bond motifs is 1. The summed E-state index contributed by atoms with van der Waals surface area (Å²) in [7, 11) is 1.26. The van der Waals surface area contributed by atoms with Gasteiger partial charge < -0.3 is 10.5 Å². The smallest absolute Gasteiger partial charge is 0.350 e. The molecule has 0 radical (unpaired) electrons. The number of carbonyl (C=O) groups is 1. The molecule has 0 atom stereocenters. The zero-order chi connectivity index (χ0) is 11.9. The Labute approximate surface area is 103 Å². The summed E-state index contributed by atoms with van der Waals surface area (Å²) in [6.45, 7) is 0. The maximum Gasteiger partial charge on any atom is 0.350 e. The number of nitrogen functional groups attached to an aromatic ring is 1. The number of nitrogens with two attached hydrogens (primary N) is 1. The van der Waals surface area contributed by atoms with Gasteiger partial charge in [0.05, 0.1) is 17.5 Å². The lowest BCUT2D eigenvalue weighted by Crippen LogP contribution is -2.01. The lowest BCUT2D eigenvalue weighted by molar-refractivity contribution is 0.0607. The molecule has 2 N–H and O–H groups in total. The van der Waals surface area contributed by atoms with E-state index in [2.05, 4.69) is 20.7 Å². The molecule has 0 fully saturated rings. The molecule has 0 amide bonds. The van der Waals surface area contributed by atoms with E-state index in [1.54, 1.807) is 6.07 Å². The monoisotopic (exact) mass is 303 g/mol. The number of halogens is 2. The average Bonchev–Trinajstić information content (AvgIpc) is 2.56. The largest absolute Gasteiger partial charge is 0.465 e. The number of esters is 1. The number of benzene rings is 1. The molecule has 0 bridgehead atoms. The number of rotatable bonds is 1. The Hall–Kier alpha value is -1.14. The highest BCUT2D eigenvalue weighted by Crippen LogP contribution is 2.37. The fourth-order valence-electron chi connectivity index (χ4n) is 1.39. The van der Waals surface area contributed by atoms with E-state index in [0.29, 0.717) is 14.6 Å². The molecule has 0 spiro atoms. The number of methoxy groups -OCH3 is 1. The summed E-state index contributed by atoms with van der Waals surface area (Å²) in [5.74, 6) is -0.953. The first-order chi connectivity index (χ1) is 7.54. The van der Waals surface area contributed by atoms with Gasteiger partial charge >= 0.3 is 5.97 Å². The summed E-state index contributed by atoms with van der Waals surface area (Å²) < 4.78 is 19.1. The molecule has 0 unspecified atom stereocenters. The molecule has 6 heteroatoms. The van der Waals surface area contributed by atoms with Gasteiger partial charge in [0.1, 0.15) is 10.7 Å². The predicted molar refractivity (Wildman–Crippen MR) is 65.2 cm³/mol. The van der Waals surface area contributed by atoms with Crippen LogP contribution in [0.3, 0.4) is 0 Å². The highest BCUT2D eigenvalue weighted by molar-refractivity contribution is 9.10. The molecule has 16 heavy (non-hydrogen) atoms. The molecule has 1 aromatic heterocycles. The van der Waals surface area contributed by atoms with Crippen LogP contribution < -0.4 is 5.73 Å². The highest BCUT2D eigenvalue weighted by atomic mass is 79.9. The third-order valence-electron chi connectivity index (χ3n) is 2.12. The Morgan fingerprint density at radius 3 is 2.88 bits per heavy atom. The Morgan fingerprint density at radius 2 is 2.25 bits per heavy atom. The van der Waals surface area contributed by atoms with Gasteiger partial charge in [0.2, 0.25) is 0 Å². The first-order valence-corrected chi connectivity index (χ1v) is 5.91. The van der Waals surface area contributed by atoms with Crippen LogP contribution in [0.4, 0.5) is 10.1 Å². The van der Waals surface area contributed by atoms with Crippen LogP contribution in [0.15, 0.2) is 16.6 Å². The minimum Gasteiger partial charge on any atom is -0.465 e. The van der Waals surface area contributed by atoms with Crippen LogP contribution in [0.2, 0.25) is 0 Å². The lowest BCUT2D eigenvalue weighted by Gasteiger charge is -1.96. The third-order valence-corrected chi connectivity index (χ3v) is 3.79. The van der Waals surface area contributed by atoms with E-state index >= 15 is 0 Å². The van der Waals surface area contributed by atoms with Gasteiger partial charge in [-0.25, -0.2) is 9.18 Å². The first-order valence-electron chi connectivity index (χ1n) is 4.30. The lowest BCUT2D eigenvalue weighted by atomic mass is 10.2.